The van der Waals surface area contributed by atoms with Crippen LogP contribution in [-0.4, -0.2) is 48.7 Å². The monoisotopic (exact) mass is 490 g/mol. The van der Waals surface area contributed by atoms with Crippen LogP contribution >= 0.6 is 0 Å². The minimum atomic E-state index is -3.85. The highest BCUT2D eigenvalue weighted by Gasteiger charge is 2.35. The maximum Gasteiger partial charge on any atom is 0.243 e. The summed E-state index contributed by atoms with van der Waals surface area (Å²) in [5.41, 5.74) is 0.846. The average molecular weight is 491 g/mol. The quantitative estimate of drug-likeness (QED) is 0.561. The van der Waals surface area contributed by atoms with Crippen molar-refractivity contribution in [1.29, 1.82) is 0 Å². The maximum atomic E-state index is 13.2. The van der Waals surface area contributed by atoms with Crippen molar-refractivity contribution in [3.8, 4) is 0 Å². The summed E-state index contributed by atoms with van der Waals surface area (Å²) in [4.78, 5) is 30.0. The fourth-order valence-corrected chi connectivity index (χ4v) is 5.43. The minimum Gasteiger partial charge on any atom is -0.350 e. The highest BCUT2D eigenvalue weighted by Crippen LogP contribution is 2.24. The highest BCUT2D eigenvalue weighted by atomic mass is 32.2. The van der Waals surface area contributed by atoms with Gasteiger partial charge in [-0.2, -0.15) is 4.31 Å². The molecule has 1 aromatic heterocycles. The van der Waals surface area contributed by atoms with Gasteiger partial charge in [-0.3, -0.25) is 14.6 Å². The van der Waals surface area contributed by atoms with E-state index in [4.69, 9.17) is 0 Å². The van der Waals surface area contributed by atoms with Crippen molar-refractivity contribution < 1.29 is 22.4 Å². The normalized spacial score (nSPS) is 18.6. The van der Waals surface area contributed by atoms with Crippen molar-refractivity contribution in [3.63, 3.8) is 0 Å². The average Bonchev–Trinajstić information content (AvgIpc) is 2.86. The second-order valence-electron chi connectivity index (χ2n) is 8.61. The molecule has 2 unspecified atom stereocenters. The van der Waals surface area contributed by atoms with Crippen molar-refractivity contribution in [2.24, 2.45) is 11.8 Å². The van der Waals surface area contributed by atoms with E-state index in [0.29, 0.717) is 25.8 Å². The number of amides is 2. The molecule has 34 heavy (non-hydrogen) atoms. The Morgan fingerprint density at radius 3 is 2.62 bits per heavy atom. The van der Waals surface area contributed by atoms with Gasteiger partial charge in [0.2, 0.25) is 21.8 Å². The summed E-state index contributed by atoms with van der Waals surface area (Å²) in [6.07, 6.45) is 5.03. The standard InChI is InChI=1S/C24H31FN4O4S/c1-3-17(2)22(24(31)27-15-18-6-4-12-26-14-18)28-23(30)19-7-5-13-29(16-19)34(32,33)21-10-8-20(25)9-11-21/h4,6,8-12,14,17,19,22H,3,5,7,13,15-16H2,1-2H3,(H,27,31)(H,28,30)/t17?,19?,22-/m0/s1. The Bertz CT molecular complexity index is 1080. The van der Waals surface area contributed by atoms with Crippen molar-refractivity contribution in [1.82, 2.24) is 19.9 Å². The third-order valence-electron chi connectivity index (χ3n) is 6.19. The molecule has 1 fully saturated rings. The lowest BCUT2D eigenvalue weighted by molar-refractivity contribution is -0.133. The van der Waals surface area contributed by atoms with Crippen LogP contribution in [0.25, 0.3) is 0 Å². The van der Waals surface area contributed by atoms with E-state index in [2.05, 4.69) is 15.6 Å². The van der Waals surface area contributed by atoms with E-state index in [1.54, 1.807) is 18.5 Å². The molecule has 1 aromatic carbocycles. The Kier molecular flexibility index (Phi) is 8.73. The lowest BCUT2D eigenvalue weighted by Crippen LogP contribution is -2.53. The number of benzene rings is 1. The molecule has 2 aromatic rings. The summed E-state index contributed by atoms with van der Waals surface area (Å²) in [5.74, 6) is -1.85. The lowest BCUT2D eigenvalue weighted by atomic mass is 9.94. The van der Waals surface area contributed by atoms with Gasteiger partial charge in [0.15, 0.2) is 0 Å². The number of nitrogens with zero attached hydrogens (tertiary/aromatic N) is 2. The smallest absolute Gasteiger partial charge is 0.243 e. The molecule has 8 nitrogen and oxygen atoms in total. The highest BCUT2D eigenvalue weighted by molar-refractivity contribution is 7.89. The summed E-state index contributed by atoms with van der Waals surface area (Å²) < 4.78 is 40.4. The molecule has 1 aliphatic rings. The van der Waals surface area contributed by atoms with E-state index in [9.17, 15) is 22.4 Å². The zero-order valence-corrected chi connectivity index (χ0v) is 20.2. The predicted octanol–water partition coefficient (Wildman–Crippen LogP) is 2.47. The van der Waals surface area contributed by atoms with Gasteiger partial charge in [0.05, 0.1) is 10.8 Å². The van der Waals surface area contributed by atoms with Crippen LogP contribution in [0.15, 0.2) is 53.7 Å². The first-order valence-corrected chi connectivity index (χ1v) is 12.9. The van der Waals surface area contributed by atoms with Gasteiger partial charge in [-0.15, -0.1) is 0 Å². The topological polar surface area (TPSA) is 108 Å². The largest absolute Gasteiger partial charge is 0.350 e. The van der Waals surface area contributed by atoms with Gasteiger partial charge in [-0.25, -0.2) is 12.8 Å². The number of carbonyl (C=O) groups excluding carboxylic acids is 2. The van der Waals surface area contributed by atoms with E-state index in [0.717, 1.165) is 17.7 Å². The van der Waals surface area contributed by atoms with Gasteiger partial charge in [-0.05, 0) is 54.7 Å². The maximum absolute atomic E-state index is 13.2. The third kappa shape index (κ3) is 6.38. The fraction of sp³-hybridized carbons (Fsp3) is 0.458. The molecule has 10 heteroatoms. The molecule has 0 saturated carbocycles. The molecular formula is C24H31FN4O4S. The molecule has 2 amide bonds. The van der Waals surface area contributed by atoms with Gasteiger partial charge in [-0.1, -0.05) is 26.3 Å². The zero-order chi connectivity index (χ0) is 24.7. The van der Waals surface area contributed by atoms with Crippen molar-refractivity contribution in [2.45, 2.75) is 50.6 Å². The van der Waals surface area contributed by atoms with Gasteiger partial charge >= 0.3 is 0 Å². The van der Waals surface area contributed by atoms with Crippen LogP contribution in [0.1, 0.15) is 38.7 Å². The van der Waals surface area contributed by atoms with Gasteiger partial charge < -0.3 is 10.6 Å². The molecule has 0 spiro atoms. The molecule has 2 heterocycles. The number of pyridine rings is 1. The number of halogens is 1. The first-order chi connectivity index (χ1) is 16.2. The number of hydrogen-bond acceptors (Lipinski definition) is 5. The number of carbonyl (C=O) groups is 2. The number of piperidine rings is 1. The molecule has 184 valence electrons. The second-order valence-corrected chi connectivity index (χ2v) is 10.5. The van der Waals surface area contributed by atoms with Gasteiger partial charge in [0, 0.05) is 32.0 Å². The molecule has 0 radical (unpaired) electrons. The van der Waals surface area contributed by atoms with Gasteiger partial charge in [0.25, 0.3) is 0 Å². The number of rotatable bonds is 9. The Labute approximate surface area is 200 Å². The van der Waals surface area contributed by atoms with Crippen molar-refractivity contribution in [2.75, 3.05) is 13.1 Å². The number of sulfonamides is 1. The SMILES string of the molecule is CCC(C)[C@H](NC(=O)C1CCCN(S(=O)(=O)c2ccc(F)cc2)C1)C(=O)NCc1cccnc1. The molecular weight excluding hydrogens is 459 g/mol. The number of nitrogens with one attached hydrogen (secondary N) is 2. The Morgan fingerprint density at radius 1 is 1.24 bits per heavy atom. The first-order valence-electron chi connectivity index (χ1n) is 11.4. The molecule has 3 atom stereocenters. The van der Waals surface area contributed by atoms with E-state index in [1.165, 1.54) is 16.4 Å². The van der Waals surface area contributed by atoms with Crippen LogP contribution in [-0.2, 0) is 26.2 Å². The van der Waals surface area contributed by atoms with E-state index in [1.807, 2.05) is 19.9 Å². The Morgan fingerprint density at radius 2 is 1.97 bits per heavy atom. The van der Waals surface area contributed by atoms with Crippen LogP contribution in [0.2, 0.25) is 0 Å². The summed E-state index contributed by atoms with van der Waals surface area (Å²) in [7, 11) is -3.85. The summed E-state index contributed by atoms with van der Waals surface area (Å²) >= 11 is 0. The molecule has 2 N–H and O–H groups in total. The minimum absolute atomic E-state index is 0.00999. The van der Waals surface area contributed by atoms with Crippen LogP contribution < -0.4 is 10.6 Å². The van der Waals surface area contributed by atoms with Crippen LogP contribution in [0.3, 0.4) is 0 Å². The summed E-state index contributed by atoms with van der Waals surface area (Å²) in [5, 5.41) is 5.71. The van der Waals surface area contributed by atoms with Crippen molar-refractivity contribution >= 4 is 21.8 Å². The fourth-order valence-electron chi connectivity index (χ4n) is 3.91. The molecule has 3 rings (SSSR count). The Balaban J connectivity index is 1.66. The molecule has 0 bridgehead atoms. The van der Waals surface area contributed by atoms with Crippen LogP contribution in [0.5, 0.6) is 0 Å². The van der Waals surface area contributed by atoms with E-state index < -0.39 is 27.8 Å². The number of hydrogen-bond donors (Lipinski definition) is 2. The molecule has 1 aliphatic heterocycles. The van der Waals surface area contributed by atoms with Crippen LogP contribution in [0.4, 0.5) is 4.39 Å². The summed E-state index contributed by atoms with van der Waals surface area (Å²) in [6.45, 7) is 4.42. The first kappa shape index (κ1) is 25.8. The van der Waals surface area contributed by atoms with Crippen molar-refractivity contribution in [3.05, 3.63) is 60.2 Å². The Hall–Kier alpha value is -2.85. The molecule has 1 saturated heterocycles. The second kappa shape index (κ2) is 11.5. The van der Waals surface area contributed by atoms with E-state index in [-0.39, 0.29) is 35.7 Å². The van der Waals surface area contributed by atoms with Crippen LogP contribution in [0, 0.1) is 17.7 Å². The predicted molar refractivity (Wildman–Crippen MR) is 125 cm³/mol. The van der Waals surface area contributed by atoms with Gasteiger partial charge in [0.1, 0.15) is 11.9 Å². The zero-order valence-electron chi connectivity index (χ0n) is 19.4. The summed E-state index contributed by atoms with van der Waals surface area (Å²) in [6, 6.07) is 7.54. The third-order valence-corrected chi connectivity index (χ3v) is 8.07. The lowest BCUT2D eigenvalue weighted by Gasteiger charge is -2.32. The van der Waals surface area contributed by atoms with E-state index >= 15 is 0 Å². The number of aromatic nitrogens is 1. The molecule has 0 aliphatic carbocycles.